The number of amides is 1. The number of aliphatic hydroxyl groups excluding tert-OH is 1. The lowest BCUT2D eigenvalue weighted by atomic mass is 10.1. The van der Waals surface area contributed by atoms with Gasteiger partial charge in [-0.3, -0.25) is 14.5 Å². The van der Waals surface area contributed by atoms with Gasteiger partial charge in [-0.25, -0.2) is 4.85 Å². The largest absolute Gasteiger partial charge is 0.387 e. The first-order chi connectivity index (χ1) is 17.2. The van der Waals surface area contributed by atoms with Crippen molar-refractivity contribution in [2.24, 2.45) is 7.05 Å². The van der Waals surface area contributed by atoms with Crippen LogP contribution in [0.25, 0.3) is 15.1 Å². The first-order valence-corrected chi connectivity index (χ1v) is 12.4. The Bertz CT molecular complexity index is 1490. The SMILES string of the molecule is [C-]#[N+]c1ccc([C@H](O)CN(C)Cc2cc3c(=O)c(C(=O)NCc4ccc(Cl)cc4)cn(C)c3s2)cc1. The molecule has 0 fully saturated rings. The molecule has 1 atom stereocenters. The van der Waals surface area contributed by atoms with Gasteiger partial charge in [0.05, 0.1) is 18.1 Å². The number of benzene rings is 2. The number of hydrogen-bond acceptors (Lipinski definition) is 5. The molecule has 0 unspecified atom stereocenters. The molecule has 1 amide bonds. The number of likely N-dealkylation sites (N-methyl/N-ethyl adjacent to an activating group) is 1. The van der Waals surface area contributed by atoms with Gasteiger partial charge in [0.25, 0.3) is 5.91 Å². The van der Waals surface area contributed by atoms with Crippen molar-refractivity contribution in [2.75, 3.05) is 13.6 Å². The number of halogens is 1. The van der Waals surface area contributed by atoms with Gasteiger partial charge in [-0.15, -0.1) is 11.3 Å². The van der Waals surface area contributed by atoms with Crippen molar-refractivity contribution in [3.8, 4) is 0 Å². The summed E-state index contributed by atoms with van der Waals surface area (Å²) in [5.74, 6) is -0.426. The van der Waals surface area contributed by atoms with Crippen molar-refractivity contribution in [3.05, 3.63) is 109 Å². The van der Waals surface area contributed by atoms with E-state index in [0.717, 1.165) is 20.8 Å². The van der Waals surface area contributed by atoms with E-state index in [1.54, 1.807) is 47.2 Å². The van der Waals surface area contributed by atoms with Crippen molar-refractivity contribution in [1.29, 1.82) is 0 Å². The van der Waals surface area contributed by atoms with Crippen LogP contribution in [-0.2, 0) is 20.1 Å². The summed E-state index contributed by atoms with van der Waals surface area (Å²) in [6.45, 7) is 8.26. The van der Waals surface area contributed by atoms with Crippen LogP contribution in [0.4, 0.5) is 5.69 Å². The molecule has 0 radical (unpaired) electrons. The van der Waals surface area contributed by atoms with Gasteiger partial charge in [0.2, 0.25) is 5.43 Å². The molecular formula is C27H25ClN4O3S. The van der Waals surface area contributed by atoms with Crippen LogP contribution in [0.15, 0.2) is 65.6 Å². The van der Waals surface area contributed by atoms with Gasteiger partial charge >= 0.3 is 0 Å². The Morgan fingerprint density at radius 2 is 1.92 bits per heavy atom. The summed E-state index contributed by atoms with van der Waals surface area (Å²) in [6.07, 6.45) is 0.869. The second-order valence-electron chi connectivity index (χ2n) is 8.64. The van der Waals surface area contributed by atoms with Crippen LogP contribution in [0.3, 0.4) is 0 Å². The van der Waals surface area contributed by atoms with Gasteiger partial charge in [0, 0.05) is 42.8 Å². The van der Waals surface area contributed by atoms with Crippen molar-refractivity contribution in [3.63, 3.8) is 0 Å². The molecule has 2 heterocycles. The van der Waals surface area contributed by atoms with Crippen LogP contribution in [0.5, 0.6) is 0 Å². The molecule has 184 valence electrons. The van der Waals surface area contributed by atoms with Crippen molar-refractivity contribution < 1.29 is 9.90 Å². The number of rotatable bonds is 8. The zero-order valence-electron chi connectivity index (χ0n) is 19.9. The summed E-state index contributed by atoms with van der Waals surface area (Å²) in [5, 5.41) is 14.5. The molecule has 0 aliphatic rings. The van der Waals surface area contributed by atoms with Gasteiger partial charge in [0.1, 0.15) is 10.4 Å². The van der Waals surface area contributed by atoms with Crippen LogP contribution >= 0.6 is 22.9 Å². The number of aromatic nitrogens is 1. The summed E-state index contributed by atoms with van der Waals surface area (Å²) in [4.78, 5) is 33.0. The minimum absolute atomic E-state index is 0.0925. The number of carbonyl (C=O) groups excluding carboxylic acids is 1. The fourth-order valence-electron chi connectivity index (χ4n) is 3.93. The van der Waals surface area contributed by atoms with E-state index in [9.17, 15) is 14.7 Å². The molecule has 2 N–H and O–H groups in total. The van der Waals surface area contributed by atoms with Crippen molar-refractivity contribution in [1.82, 2.24) is 14.8 Å². The van der Waals surface area contributed by atoms with E-state index in [1.165, 1.54) is 11.3 Å². The minimum atomic E-state index is -0.703. The highest BCUT2D eigenvalue weighted by Crippen LogP contribution is 2.25. The lowest BCUT2D eigenvalue weighted by Crippen LogP contribution is -2.29. The average Bonchev–Trinajstić information content (AvgIpc) is 3.30. The lowest BCUT2D eigenvalue weighted by molar-refractivity contribution is 0.0949. The van der Waals surface area contributed by atoms with E-state index in [0.29, 0.717) is 35.7 Å². The van der Waals surface area contributed by atoms with E-state index < -0.39 is 12.0 Å². The van der Waals surface area contributed by atoms with Gasteiger partial charge in [-0.05, 0) is 36.4 Å². The maximum atomic E-state index is 13.1. The lowest BCUT2D eigenvalue weighted by Gasteiger charge is -2.20. The number of fused-ring (bicyclic) bond motifs is 1. The summed E-state index contributed by atoms with van der Waals surface area (Å²) < 4.78 is 1.80. The third-order valence-corrected chi connectivity index (χ3v) is 7.29. The molecule has 7 nitrogen and oxygen atoms in total. The van der Waals surface area contributed by atoms with Crippen LogP contribution in [-0.4, -0.2) is 34.1 Å². The molecule has 0 bridgehead atoms. The standard InChI is InChI=1S/C27H25ClN4O3S/c1-29-20-10-6-18(7-11-20)24(33)16-31(2)14-21-12-22-25(34)23(15-32(3)27(22)36-21)26(35)30-13-17-4-8-19(28)9-5-17/h4-12,15,24,33H,13-14,16H2,2-3H3,(H,30,35)/t24-/m1/s1. The topological polar surface area (TPSA) is 78.9 Å². The first-order valence-electron chi connectivity index (χ1n) is 11.2. The molecule has 0 saturated heterocycles. The smallest absolute Gasteiger partial charge is 0.257 e. The quantitative estimate of drug-likeness (QED) is 0.324. The summed E-state index contributed by atoms with van der Waals surface area (Å²) in [6, 6.07) is 15.9. The predicted octanol–water partition coefficient (Wildman–Crippen LogP) is 4.90. The van der Waals surface area contributed by atoms with Crippen LogP contribution < -0.4 is 10.7 Å². The Labute approximate surface area is 218 Å². The Kier molecular flexibility index (Phi) is 7.87. The van der Waals surface area contributed by atoms with Gasteiger partial charge < -0.3 is 15.0 Å². The zero-order chi connectivity index (χ0) is 25.8. The van der Waals surface area contributed by atoms with E-state index in [-0.39, 0.29) is 11.0 Å². The third kappa shape index (κ3) is 5.83. The second kappa shape index (κ2) is 11.1. The molecular weight excluding hydrogens is 496 g/mol. The Hall–Kier alpha value is -3.48. The number of carbonyl (C=O) groups is 1. The highest BCUT2D eigenvalue weighted by atomic mass is 35.5. The number of aryl methyl sites for hydroxylation is 1. The fourth-order valence-corrected chi connectivity index (χ4v) is 5.23. The van der Waals surface area contributed by atoms with Crippen LogP contribution in [0, 0.1) is 6.57 Å². The van der Waals surface area contributed by atoms with E-state index in [1.807, 2.05) is 37.2 Å². The van der Waals surface area contributed by atoms with Gasteiger partial charge in [0.15, 0.2) is 5.69 Å². The molecule has 4 aromatic rings. The Morgan fingerprint density at radius 3 is 2.58 bits per heavy atom. The number of nitrogens with zero attached hydrogens (tertiary/aromatic N) is 3. The Balaban J connectivity index is 1.46. The van der Waals surface area contributed by atoms with Crippen LogP contribution in [0.1, 0.15) is 32.5 Å². The van der Waals surface area contributed by atoms with E-state index in [4.69, 9.17) is 18.2 Å². The maximum absolute atomic E-state index is 13.1. The molecule has 9 heteroatoms. The Morgan fingerprint density at radius 1 is 1.22 bits per heavy atom. The normalized spacial score (nSPS) is 12.0. The maximum Gasteiger partial charge on any atom is 0.257 e. The van der Waals surface area contributed by atoms with Crippen molar-refractivity contribution in [2.45, 2.75) is 19.2 Å². The molecule has 36 heavy (non-hydrogen) atoms. The molecule has 4 rings (SSSR count). The molecule has 2 aromatic carbocycles. The van der Waals surface area contributed by atoms with E-state index in [2.05, 4.69) is 10.2 Å². The average molecular weight is 521 g/mol. The second-order valence-corrected chi connectivity index (χ2v) is 10.2. The molecule has 0 saturated carbocycles. The number of thiophene rings is 1. The molecule has 0 aliphatic carbocycles. The third-order valence-electron chi connectivity index (χ3n) is 5.82. The monoisotopic (exact) mass is 520 g/mol. The summed E-state index contributed by atoms with van der Waals surface area (Å²) in [5.41, 5.74) is 1.95. The predicted molar refractivity (Wildman–Crippen MR) is 144 cm³/mol. The van der Waals surface area contributed by atoms with E-state index >= 15 is 0 Å². The molecule has 2 aromatic heterocycles. The fraction of sp³-hybridized carbons (Fsp3) is 0.222. The zero-order valence-corrected chi connectivity index (χ0v) is 21.4. The summed E-state index contributed by atoms with van der Waals surface area (Å²) in [7, 11) is 3.72. The number of pyridine rings is 1. The van der Waals surface area contributed by atoms with Gasteiger partial charge in [-0.2, -0.15) is 0 Å². The number of nitrogens with one attached hydrogen (secondary N) is 1. The van der Waals surface area contributed by atoms with Crippen molar-refractivity contribution >= 4 is 44.7 Å². The molecule has 0 aliphatic heterocycles. The minimum Gasteiger partial charge on any atom is -0.387 e. The molecule has 0 spiro atoms. The highest BCUT2D eigenvalue weighted by molar-refractivity contribution is 7.18. The summed E-state index contributed by atoms with van der Waals surface area (Å²) >= 11 is 7.39. The number of aliphatic hydroxyl groups is 1. The first kappa shape index (κ1) is 25.6. The highest BCUT2D eigenvalue weighted by Gasteiger charge is 2.18. The van der Waals surface area contributed by atoms with Gasteiger partial charge in [-0.1, -0.05) is 48.0 Å². The van der Waals surface area contributed by atoms with Crippen LogP contribution in [0.2, 0.25) is 5.02 Å². The number of hydrogen-bond donors (Lipinski definition) is 2.